The average molecular weight is 299 g/mol. The Morgan fingerprint density at radius 2 is 2.00 bits per heavy atom. The number of pyridine rings is 1. The minimum Gasteiger partial charge on any atom is -0.355 e. The molecule has 0 unspecified atom stereocenters. The number of rotatable bonds is 2. The highest BCUT2D eigenvalue weighted by atomic mass is 79.9. The zero-order valence-electron chi connectivity index (χ0n) is 8.97. The minimum absolute atomic E-state index is 0.368. The highest BCUT2D eigenvalue weighted by molar-refractivity contribution is 9.10. The minimum atomic E-state index is -0.578. The lowest BCUT2D eigenvalue weighted by Crippen LogP contribution is -1.96. The van der Waals surface area contributed by atoms with Crippen molar-refractivity contribution in [2.24, 2.45) is 0 Å². The maximum atomic E-state index is 13.4. The monoisotopic (exact) mass is 298 g/mol. The molecule has 0 aliphatic carbocycles. The van der Waals surface area contributed by atoms with Gasteiger partial charge in [-0.1, -0.05) is 0 Å². The number of nitrogens with one attached hydrogen (secondary N) is 1. The molecule has 2 aromatic rings. The Labute approximate surface area is 106 Å². The molecule has 17 heavy (non-hydrogen) atoms. The molecule has 0 bridgehead atoms. The summed E-state index contributed by atoms with van der Waals surface area (Å²) in [6.45, 7) is 1.84. The van der Waals surface area contributed by atoms with E-state index < -0.39 is 5.95 Å². The van der Waals surface area contributed by atoms with E-state index >= 15 is 0 Å². The Morgan fingerprint density at radius 1 is 1.24 bits per heavy atom. The van der Waals surface area contributed by atoms with Crippen molar-refractivity contribution in [1.82, 2.24) is 4.98 Å². The molecule has 2 rings (SSSR count). The highest BCUT2D eigenvalue weighted by Crippen LogP contribution is 2.26. The van der Waals surface area contributed by atoms with Crippen LogP contribution in [0.2, 0.25) is 0 Å². The fourth-order valence-corrected chi connectivity index (χ4v) is 1.87. The van der Waals surface area contributed by atoms with E-state index in [1.165, 1.54) is 18.3 Å². The molecule has 2 nitrogen and oxygen atoms in total. The van der Waals surface area contributed by atoms with E-state index in [-0.39, 0.29) is 5.82 Å². The first-order valence-corrected chi connectivity index (χ1v) is 5.70. The molecular formula is C12H9BrF2N2. The first-order chi connectivity index (χ1) is 8.06. The van der Waals surface area contributed by atoms with Gasteiger partial charge in [-0.05, 0) is 46.6 Å². The molecule has 0 aliphatic rings. The Balaban J connectivity index is 2.33. The lowest BCUT2D eigenvalue weighted by Gasteiger charge is -2.10. The molecule has 0 amide bonds. The number of aryl methyl sites for hydroxylation is 1. The maximum Gasteiger partial charge on any atom is 0.214 e. The molecule has 88 valence electrons. The molecule has 0 fully saturated rings. The third-order valence-electron chi connectivity index (χ3n) is 2.27. The summed E-state index contributed by atoms with van der Waals surface area (Å²) < 4.78 is 26.7. The van der Waals surface area contributed by atoms with Crippen molar-refractivity contribution in [2.75, 3.05) is 5.32 Å². The summed E-state index contributed by atoms with van der Waals surface area (Å²) in [5.74, 6) is -0.946. The second-order valence-electron chi connectivity index (χ2n) is 3.57. The standard InChI is InChI=1S/C12H9BrF2N2/c1-7-4-9(13)10(14)6-11(7)17-8-2-3-16-12(15)5-8/h2-6H,1H3,(H,16,17). The van der Waals surface area contributed by atoms with Crippen molar-refractivity contribution in [2.45, 2.75) is 6.92 Å². The van der Waals surface area contributed by atoms with Gasteiger partial charge in [0.15, 0.2) is 0 Å². The van der Waals surface area contributed by atoms with Crippen LogP contribution in [0, 0.1) is 18.7 Å². The van der Waals surface area contributed by atoms with Crippen LogP contribution in [-0.4, -0.2) is 4.98 Å². The predicted molar refractivity (Wildman–Crippen MR) is 66.3 cm³/mol. The number of aromatic nitrogens is 1. The van der Waals surface area contributed by atoms with Crippen LogP contribution in [0.1, 0.15) is 5.56 Å². The van der Waals surface area contributed by atoms with Crippen molar-refractivity contribution < 1.29 is 8.78 Å². The van der Waals surface area contributed by atoms with Gasteiger partial charge in [0.05, 0.1) is 4.47 Å². The molecule has 0 aliphatic heterocycles. The van der Waals surface area contributed by atoms with Crippen LogP contribution >= 0.6 is 15.9 Å². The van der Waals surface area contributed by atoms with Gasteiger partial charge < -0.3 is 5.32 Å². The predicted octanol–water partition coefficient (Wildman–Crippen LogP) is 4.17. The van der Waals surface area contributed by atoms with Crippen LogP contribution in [0.4, 0.5) is 20.2 Å². The van der Waals surface area contributed by atoms with Crippen molar-refractivity contribution >= 4 is 27.3 Å². The second-order valence-corrected chi connectivity index (χ2v) is 4.43. The lowest BCUT2D eigenvalue weighted by molar-refractivity contribution is 0.584. The van der Waals surface area contributed by atoms with E-state index in [0.717, 1.165) is 5.56 Å². The van der Waals surface area contributed by atoms with E-state index in [1.54, 1.807) is 12.1 Å². The van der Waals surface area contributed by atoms with Gasteiger partial charge in [0.2, 0.25) is 5.95 Å². The molecule has 0 radical (unpaired) electrons. The largest absolute Gasteiger partial charge is 0.355 e. The number of hydrogen-bond acceptors (Lipinski definition) is 2. The van der Waals surface area contributed by atoms with Gasteiger partial charge in [-0.15, -0.1) is 0 Å². The number of benzene rings is 1. The summed E-state index contributed by atoms with van der Waals surface area (Å²) in [6, 6.07) is 5.88. The van der Waals surface area contributed by atoms with Crippen LogP contribution in [0.15, 0.2) is 34.9 Å². The van der Waals surface area contributed by atoms with Crippen molar-refractivity contribution in [3.05, 3.63) is 52.3 Å². The number of anilines is 2. The van der Waals surface area contributed by atoms with Gasteiger partial charge in [-0.2, -0.15) is 4.39 Å². The number of nitrogens with zero attached hydrogens (tertiary/aromatic N) is 1. The molecule has 0 atom stereocenters. The topological polar surface area (TPSA) is 24.9 Å². The zero-order valence-corrected chi connectivity index (χ0v) is 10.6. The average Bonchev–Trinajstić information content (AvgIpc) is 2.26. The summed E-state index contributed by atoms with van der Waals surface area (Å²) in [7, 11) is 0. The lowest BCUT2D eigenvalue weighted by atomic mass is 10.2. The molecule has 1 aromatic heterocycles. The fraction of sp³-hybridized carbons (Fsp3) is 0.0833. The van der Waals surface area contributed by atoms with E-state index in [9.17, 15) is 8.78 Å². The summed E-state index contributed by atoms with van der Waals surface area (Å²) in [4.78, 5) is 3.45. The molecule has 1 heterocycles. The van der Waals surface area contributed by atoms with Gasteiger partial charge in [-0.3, -0.25) is 0 Å². The third-order valence-corrected chi connectivity index (χ3v) is 2.88. The summed E-state index contributed by atoms with van der Waals surface area (Å²) in [5.41, 5.74) is 1.98. The molecular weight excluding hydrogens is 290 g/mol. The third kappa shape index (κ3) is 2.79. The van der Waals surface area contributed by atoms with E-state index in [2.05, 4.69) is 26.2 Å². The molecule has 0 spiro atoms. The second kappa shape index (κ2) is 4.79. The zero-order chi connectivity index (χ0) is 12.4. The number of halogens is 3. The van der Waals surface area contributed by atoms with Gasteiger partial charge in [0, 0.05) is 23.6 Å². The van der Waals surface area contributed by atoms with Gasteiger partial charge in [0.25, 0.3) is 0 Å². The Kier molecular flexibility index (Phi) is 3.38. The fourth-order valence-electron chi connectivity index (χ4n) is 1.42. The molecule has 1 N–H and O–H groups in total. The quantitative estimate of drug-likeness (QED) is 0.842. The van der Waals surface area contributed by atoms with Gasteiger partial charge in [-0.25, -0.2) is 9.37 Å². The molecule has 1 aromatic carbocycles. The van der Waals surface area contributed by atoms with Crippen LogP contribution in [0.25, 0.3) is 0 Å². The summed E-state index contributed by atoms with van der Waals surface area (Å²) >= 11 is 3.10. The highest BCUT2D eigenvalue weighted by Gasteiger charge is 2.06. The Bertz CT molecular complexity index is 558. The van der Waals surface area contributed by atoms with Gasteiger partial charge >= 0.3 is 0 Å². The summed E-state index contributed by atoms with van der Waals surface area (Å²) in [5, 5.41) is 2.94. The van der Waals surface area contributed by atoms with Crippen LogP contribution in [0.3, 0.4) is 0 Å². The SMILES string of the molecule is Cc1cc(Br)c(F)cc1Nc1ccnc(F)c1. The van der Waals surface area contributed by atoms with Gasteiger partial charge in [0.1, 0.15) is 5.82 Å². The first-order valence-electron chi connectivity index (χ1n) is 4.90. The normalized spacial score (nSPS) is 10.4. The van der Waals surface area contributed by atoms with E-state index in [1.807, 2.05) is 6.92 Å². The van der Waals surface area contributed by atoms with Crippen LogP contribution in [0.5, 0.6) is 0 Å². The van der Waals surface area contributed by atoms with Crippen molar-refractivity contribution in [1.29, 1.82) is 0 Å². The molecule has 5 heteroatoms. The van der Waals surface area contributed by atoms with E-state index in [4.69, 9.17) is 0 Å². The smallest absolute Gasteiger partial charge is 0.214 e. The van der Waals surface area contributed by atoms with E-state index in [0.29, 0.717) is 15.8 Å². The van der Waals surface area contributed by atoms with Crippen LogP contribution < -0.4 is 5.32 Å². The summed E-state index contributed by atoms with van der Waals surface area (Å²) in [6.07, 6.45) is 1.35. The van der Waals surface area contributed by atoms with Crippen molar-refractivity contribution in [3.8, 4) is 0 Å². The Morgan fingerprint density at radius 3 is 2.71 bits per heavy atom. The van der Waals surface area contributed by atoms with Crippen molar-refractivity contribution in [3.63, 3.8) is 0 Å². The molecule has 0 saturated carbocycles. The molecule has 0 saturated heterocycles. The van der Waals surface area contributed by atoms with Crippen LogP contribution in [-0.2, 0) is 0 Å². The first kappa shape index (κ1) is 12.0. The maximum absolute atomic E-state index is 13.4. The Hall–Kier alpha value is -1.49. The number of hydrogen-bond donors (Lipinski definition) is 1.